The van der Waals surface area contributed by atoms with Crippen LogP contribution < -0.4 is 4.90 Å². The zero-order chi connectivity index (χ0) is 15.1. The highest BCUT2D eigenvalue weighted by atomic mass is 35.5. The minimum Gasteiger partial charge on any atom is -0.384 e. The molecule has 2 atom stereocenters. The third-order valence-corrected chi connectivity index (χ3v) is 3.65. The molecular formula is C13H11ClF2N2O2. The van der Waals surface area contributed by atoms with Gasteiger partial charge in [0.2, 0.25) is 0 Å². The molecule has 106 valence electrons. The first-order valence-electron chi connectivity index (χ1n) is 5.93. The lowest BCUT2D eigenvalue weighted by atomic mass is 10.1. The van der Waals surface area contributed by atoms with Gasteiger partial charge in [0.05, 0.1) is 16.6 Å². The van der Waals surface area contributed by atoms with Gasteiger partial charge in [-0.25, -0.2) is 0 Å². The molecule has 2 rings (SSSR count). The van der Waals surface area contributed by atoms with Gasteiger partial charge >= 0.3 is 11.8 Å². The number of benzene rings is 1. The molecule has 2 unspecified atom stereocenters. The third kappa shape index (κ3) is 2.03. The highest BCUT2D eigenvalue weighted by Crippen LogP contribution is 2.39. The van der Waals surface area contributed by atoms with Crippen molar-refractivity contribution < 1.29 is 18.7 Å². The summed E-state index contributed by atoms with van der Waals surface area (Å²) in [6.45, 7) is 1.60. The van der Waals surface area contributed by atoms with Crippen molar-refractivity contribution in [2.24, 2.45) is 0 Å². The molecule has 1 amide bonds. The van der Waals surface area contributed by atoms with Crippen molar-refractivity contribution in [2.75, 3.05) is 4.90 Å². The van der Waals surface area contributed by atoms with Gasteiger partial charge in [0.1, 0.15) is 12.2 Å². The molecule has 0 radical (unpaired) electrons. The number of halogens is 3. The van der Waals surface area contributed by atoms with E-state index in [9.17, 15) is 18.7 Å². The molecule has 4 nitrogen and oxygen atoms in total. The maximum Gasteiger partial charge on any atom is 0.352 e. The van der Waals surface area contributed by atoms with Crippen LogP contribution in [0.4, 0.5) is 14.5 Å². The fourth-order valence-corrected chi connectivity index (χ4v) is 2.50. The smallest absolute Gasteiger partial charge is 0.352 e. The van der Waals surface area contributed by atoms with Crippen molar-refractivity contribution >= 4 is 23.2 Å². The number of hydrogen-bond donors (Lipinski definition) is 1. The van der Waals surface area contributed by atoms with Gasteiger partial charge in [-0.1, -0.05) is 18.5 Å². The first-order chi connectivity index (χ1) is 9.34. The number of alkyl halides is 2. The Labute approximate surface area is 119 Å². The van der Waals surface area contributed by atoms with E-state index in [0.717, 1.165) is 4.90 Å². The third-order valence-electron chi connectivity index (χ3n) is 3.34. The molecule has 1 heterocycles. The van der Waals surface area contributed by atoms with Gasteiger partial charge in [-0.05, 0) is 24.6 Å². The molecule has 1 saturated heterocycles. The molecule has 0 aliphatic carbocycles. The Kier molecular flexibility index (Phi) is 3.67. The number of hydrogen-bond acceptors (Lipinski definition) is 3. The quantitative estimate of drug-likeness (QED) is 0.911. The Bertz CT molecular complexity index is 601. The maximum absolute atomic E-state index is 13.6. The molecule has 1 aliphatic heterocycles. The Morgan fingerprint density at radius 3 is 2.70 bits per heavy atom. The Morgan fingerprint density at radius 2 is 2.20 bits per heavy atom. The topological polar surface area (TPSA) is 64.3 Å². The summed E-state index contributed by atoms with van der Waals surface area (Å²) < 4.78 is 27.2. The highest BCUT2D eigenvalue weighted by Gasteiger charge is 2.61. The van der Waals surface area contributed by atoms with Crippen LogP contribution in [-0.2, 0) is 4.79 Å². The number of amides is 1. The van der Waals surface area contributed by atoms with Gasteiger partial charge < -0.3 is 10.0 Å². The Hall–Kier alpha value is -1.71. The molecule has 0 aromatic heterocycles. The number of carbonyl (C=O) groups excluding carboxylic acids is 1. The lowest BCUT2D eigenvalue weighted by molar-refractivity contribution is -0.149. The summed E-state index contributed by atoms with van der Waals surface area (Å²) in [5.41, 5.74) is 0.324. The van der Waals surface area contributed by atoms with E-state index < -0.39 is 24.0 Å². The number of nitrogens with zero attached hydrogens (tertiary/aromatic N) is 2. The Morgan fingerprint density at radius 1 is 1.55 bits per heavy atom. The first-order valence-corrected chi connectivity index (χ1v) is 6.31. The van der Waals surface area contributed by atoms with Crippen molar-refractivity contribution in [3.8, 4) is 6.07 Å². The van der Waals surface area contributed by atoms with E-state index in [0.29, 0.717) is 0 Å². The van der Waals surface area contributed by atoms with Crippen molar-refractivity contribution in [2.45, 2.75) is 31.4 Å². The molecule has 0 bridgehead atoms. The number of aliphatic hydroxyl groups excluding tert-OH is 1. The van der Waals surface area contributed by atoms with Gasteiger partial charge in [0.25, 0.3) is 0 Å². The van der Waals surface area contributed by atoms with Crippen molar-refractivity contribution in [1.29, 1.82) is 5.26 Å². The van der Waals surface area contributed by atoms with Crippen LogP contribution in [0.5, 0.6) is 0 Å². The zero-order valence-corrected chi connectivity index (χ0v) is 11.2. The van der Waals surface area contributed by atoms with Gasteiger partial charge in [-0.3, -0.25) is 4.79 Å². The average molecular weight is 301 g/mol. The number of nitriles is 1. The van der Waals surface area contributed by atoms with Crippen LogP contribution in [0.15, 0.2) is 18.2 Å². The fourth-order valence-electron chi connectivity index (χ4n) is 2.28. The summed E-state index contributed by atoms with van der Waals surface area (Å²) >= 11 is 5.84. The largest absolute Gasteiger partial charge is 0.384 e. The Balaban J connectivity index is 2.49. The molecule has 1 N–H and O–H groups in total. The van der Waals surface area contributed by atoms with Crippen molar-refractivity contribution in [1.82, 2.24) is 0 Å². The standard InChI is InChI=1S/C13H11ClF2N2O2/c1-2-10-11(19)13(15,16)12(20)18(10)8-4-3-7(6-17)9(14)5-8/h3-5,10-11,19H,2H2,1H3. The van der Waals surface area contributed by atoms with Crippen LogP contribution in [0.25, 0.3) is 0 Å². The SMILES string of the molecule is CCC1C(O)C(F)(F)C(=O)N1c1ccc(C#N)c(Cl)c1. The lowest BCUT2D eigenvalue weighted by Gasteiger charge is -2.24. The van der Waals surface area contributed by atoms with Crippen molar-refractivity contribution in [3.63, 3.8) is 0 Å². The summed E-state index contributed by atoms with van der Waals surface area (Å²) in [6, 6.07) is 4.80. The van der Waals surface area contributed by atoms with Crippen LogP contribution in [-0.4, -0.2) is 29.1 Å². The van der Waals surface area contributed by atoms with E-state index in [-0.39, 0.29) is 22.7 Å². The predicted octanol–water partition coefficient (Wildman–Crippen LogP) is 2.33. The van der Waals surface area contributed by atoms with Gasteiger partial charge in [0, 0.05) is 5.69 Å². The molecule has 1 fully saturated rings. The van der Waals surface area contributed by atoms with Crippen molar-refractivity contribution in [3.05, 3.63) is 28.8 Å². The molecule has 1 aliphatic rings. The van der Waals surface area contributed by atoms with Crippen LogP contribution in [0.3, 0.4) is 0 Å². The highest BCUT2D eigenvalue weighted by molar-refractivity contribution is 6.32. The predicted molar refractivity (Wildman–Crippen MR) is 68.7 cm³/mol. The molecule has 1 aromatic rings. The lowest BCUT2D eigenvalue weighted by Crippen LogP contribution is -2.37. The first kappa shape index (κ1) is 14.7. The minimum atomic E-state index is -3.82. The fraction of sp³-hybridized carbons (Fsp3) is 0.385. The summed E-state index contributed by atoms with van der Waals surface area (Å²) in [5, 5.41) is 18.4. The molecular weight excluding hydrogens is 290 g/mol. The summed E-state index contributed by atoms with van der Waals surface area (Å²) in [7, 11) is 0. The maximum atomic E-state index is 13.6. The number of anilines is 1. The van der Waals surface area contributed by atoms with E-state index in [4.69, 9.17) is 16.9 Å². The summed E-state index contributed by atoms with van der Waals surface area (Å²) in [5.74, 6) is -5.28. The molecule has 0 saturated carbocycles. The van der Waals surface area contributed by atoms with Gasteiger partial charge in [0.15, 0.2) is 0 Å². The van der Waals surface area contributed by atoms with Gasteiger partial charge in [-0.2, -0.15) is 14.0 Å². The number of carbonyl (C=O) groups is 1. The van der Waals surface area contributed by atoms with E-state index in [1.807, 2.05) is 6.07 Å². The molecule has 7 heteroatoms. The second-order valence-electron chi connectivity index (χ2n) is 4.49. The zero-order valence-electron chi connectivity index (χ0n) is 10.5. The summed E-state index contributed by atoms with van der Waals surface area (Å²) in [6.07, 6.45) is -1.89. The van der Waals surface area contributed by atoms with E-state index in [1.165, 1.54) is 18.2 Å². The molecule has 0 spiro atoms. The summed E-state index contributed by atoms with van der Waals surface area (Å²) in [4.78, 5) is 12.6. The second kappa shape index (κ2) is 5.00. The normalized spacial score (nSPS) is 24.8. The average Bonchev–Trinajstić information content (AvgIpc) is 2.59. The van der Waals surface area contributed by atoms with E-state index in [2.05, 4.69) is 0 Å². The number of rotatable bonds is 2. The van der Waals surface area contributed by atoms with Crippen LogP contribution in [0.2, 0.25) is 5.02 Å². The van der Waals surface area contributed by atoms with Crippen LogP contribution in [0, 0.1) is 11.3 Å². The molecule has 1 aromatic carbocycles. The van der Waals surface area contributed by atoms with Crippen LogP contribution in [0.1, 0.15) is 18.9 Å². The number of aliphatic hydroxyl groups is 1. The monoisotopic (exact) mass is 300 g/mol. The minimum absolute atomic E-state index is 0.0670. The van der Waals surface area contributed by atoms with E-state index >= 15 is 0 Å². The van der Waals surface area contributed by atoms with E-state index in [1.54, 1.807) is 6.92 Å². The van der Waals surface area contributed by atoms with Gasteiger partial charge in [-0.15, -0.1) is 0 Å². The second-order valence-corrected chi connectivity index (χ2v) is 4.90. The van der Waals surface area contributed by atoms with Crippen LogP contribution >= 0.6 is 11.6 Å². The molecule has 20 heavy (non-hydrogen) atoms.